The Morgan fingerprint density at radius 3 is 2.72 bits per heavy atom. The van der Waals surface area contributed by atoms with Gasteiger partial charge in [0.05, 0.1) is 17.3 Å². The summed E-state index contributed by atoms with van der Waals surface area (Å²) in [7, 11) is 1.47. The van der Waals surface area contributed by atoms with E-state index in [2.05, 4.69) is 20.9 Å². The molecule has 2 aromatic rings. The summed E-state index contributed by atoms with van der Waals surface area (Å²) >= 11 is 3.21. The molecule has 0 radical (unpaired) electrons. The minimum absolute atomic E-state index is 0.283. The van der Waals surface area contributed by atoms with Crippen LogP contribution in [0, 0.1) is 5.82 Å². The molecule has 0 aliphatic rings. The zero-order valence-electron chi connectivity index (χ0n) is 9.48. The van der Waals surface area contributed by atoms with E-state index in [-0.39, 0.29) is 11.7 Å². The number of nitrogens with two attached hydrogens (primary N) is 1. The van der Waals surface area contributed by atoms with Gasteiger partial charge in [0.15, 0.2) is 0 Å². The van der Waals surface area contributed by atoms with E-state index < -0.39 is 0 Å². The van der Waals surface area contributed by atoms with Crippen molar-refractivity contribution in [2.24, 2.45) is 0 Å². The van der Waals surface area contributed by atoms with Crippen molar-refractivity contribution in [1.29, 1.82) is 0 Å². The molecule has 0 atom stereocenters. The molecule has 0 fully saturated rings. The first kappa shape index (κ1) is 12.6. The molecule has 0 saturated heterocycles. The number of halogens is 2. The van der Waals surface area contributed by atoms with Crippen LogP contribution in [0.1, 0.15) is 0 Å². The molecule has 0 aliphatic carbocycles. The largest absolute Gasteiger partial charge is 0.479 e. The predicted molar refractivity (Wildman–Crippen MR) is 69.4 cm³/mol. The van der Waals surface area contributed by atoms with Crippen LogP contribution >= 0.6 is 15.9 Å². The van der Waals surface area contributed by atoms with E-state index in [0.717, 1.165) is 0 Å². The SMILES string of the molecule is COc1nc(Oc2ccc(F)cc2Br)ccc1N. The highest BCUT2D eigenvalue weighted by molar-refractivity contribution is 9.10. The summed E-state index contributed by atoms with van der Waals surface area (Å²) in [5.74, 6) is 0.701. The molecule has 18 heavy (non-hydrogen) atoms. The molecular weight excluding hydrogens is 303 g/mol. The van der Waals surface area contributed by atoms with Gasteiger partial charge in [-0.15, -0.1) is 0 Å². The monoisotopic (exact) mass is 312 g/mol. The molecule has 0 unspecified atom stereocenters. The number of nitrogens with zero attached hydrogens (tertiary/aromatic N) is 1. The zero-order valence-corrected chi connectivity index (χ0v) is 11.1. The second-order valence-corrected chi connectivity index (χ2v) is 4.28. The van der Waals surface area contributed by atoms with Gasteiger partial charge in [0.1, 0.15) is 11.6 Å². The van der Waals surface area contributed by atoms with Crippen LogP contribution in [0.5, 0.6) is 17.5 Å². The third-order valence-electron chi connectivity index (χ3n) is 2.17. The van der Waals surface area contributed by atoms with Gasteiger partial charge in [-0.2, -0.15) is 4.98 Å². The van der Waals surface area contributed by atoms with E-state index in [1.165, 1.54) is 25.3 Å². The Labute approximate surface area is 112 Å². The van der Waals surface area contributed by atoms with Crippen molar-refractivity contribution in [3.63, 3.8) is 0 Å². The summed E-state index contributed by atoms with van der Waals surface area (Å²) in [6, 6.07) is 7.34. The predicted octanol–water partition coefficient (Wildman–Crippen LogP) is 3.37. The molecule has 94 valence electrons. The highest BCUT2D eigenvalue weighted by Crippen LogP contribution is 2.31. The number of rotatable bonds is 3. The Bertz CT molecular complexity index is 578. The van der Waals surface area contributed by atoms with Crippen LogP contribution in [0.4, 0.5) is 10.1 Å². The van der Waals surface area contributed by atoms with E-state index >= 15 is 0 Å². The van der Waals surface area contributed by atoms with E-state index in [4.69, 9.17) is 15.2 Å². The lowest BCUT2D eigenvalue weighted by molar-refractivity contribution is 0.385. The number of nitrogen functional groups attached to an aromatic ring is 1. The Hall–Kier alpha value is -1.82. The van der Waals surface area contributed by atoms with Gasteiger partial charge in [0.2, 0.25) is 11.8 Å². The molecule has 0 bridgehead atoms. The number of pyridine rings is 1. The summed E-state index contributed by atoms with van der Waals surface area (Å²) in [4.78, 5) is 4.07. The van der Waals surface area contributed by atoms with Crippen LogP contribution in [-0.4, -0.2) is 12.1 Å². The molecule has 0 saturated carbocycles. The molecule has 4 nitrogen and oxygen atoms in total. The van der Waals surface area contributed by atoms with Crippen molar-refractivity contribution in [1.82, 2.24) is 4.98 Å². The smallest absolute Gasteiger partial charge is 0.240 e. The van der Waals surface area contributed by atoms with Crippen LogP contribution in [0.25, 0.3) is 0 Å². The fraction of sp³-hybridized carbons (Fsp3) is 0.0833. The first-order valence-electron chi connectivity index (χ1n) is 5.03. The summed E-state index contributed by atoms with van der Waals surface area (Å²) < 4.78 is 23.9. The lowest BCUT2D eigenvalue weighted by Crippen LogP contribution is -1.97. The average molecular weight is 313 g/mol. The normalized spacial score (nSPS) is 10.2. The molecule has 0 amide bonds. The molecule has 6 heteroatoms. The number of methoxy groups -OCH3 is 1. The van der Waals surface area contributed by atoms with Crippen LogP contribution < -0.4 is 15.2 Å². The van der Waals surface area contributed by atoms with Gasteiger partial charge in [0, 0.05) is 6.07 Å². The minimum Gasteiger partial charge on any atom is -0.479 e. The molecule has 2 rings (SSSR count). The van der Waals surface area contributed by atoms with Gasteiger partial charge < -0.3 is 15.2 Å². The fourth-order valence-electron chi connectivity index (χ4n) is 1.33. The summed E-state index contributed by atoms with van der Waals surface area (Å²) in [6.07, 6.45) is 0. The highest BCUT2D eigenvalue weighted by Gasteiger charge is 2.08. The molecule has 1 heterocycles. The van der Waals surface area contributed by atoms with E-state index in [1.807, 2.05) is 0 Å². The van der Waals surface area contributed by atoms with Gasteiger partial charge in [0.25, 0.3) is 0 Å². The van der Waals surface area contributed by atoms with Gasteiger partial charge >= 0.3 is 0 Å². The molecule has 1 aromatic heterocycles. The second-order valence-electron chi connectivity index (χ2n) is 3.42. The topological polar surface area (TPSA) is 57.4 Å². The molecule has 2 N–H and O–H groups in total. The maximum atomic E-state index is 12.9. The van der Waals surface area contributed by atoms with Gasteiger partial charge in [-0.05, 0) is 40.2 Å². The number of aromatic nitrogens is 1. The number of anilines is 1. The summed E-state index contributed by atoms with van der Waals surface area (Å²) in [6.45, 7) is 0. The third kappa shape index (κ3) is 2.70. The average Bonchev–Trinajstić information content (AvgIpc) is 2.35. The number of benzene rings is 1. The van der Waals surface area contributed by atoms with Crippen LogP contribution in [0.3, 0.4) is 0 Å². The Kier molecular flexibility index (Phi) is 3.66. The minimum atomic E-state index is -0.350. The number of hydrogen-bond donors (Lipinski definition) is 1. The van der Waals surface area contributed by atoms with E-state index in [0.29, 0.717) is 21.8 Å². The van der Waals surface area contributed by atoms with Crippen molar-refractivity contribution >= 4 is 21.6 Å². The standard InChI is InChI=1S/C12H10BrFN2O2/c1-17-12-9(15)3-5-11(16-12)18-10-4-2-7(14)6-8(10)13/h2-6H,15H2,1H3. The maximum Gasteiger partial charge on any atom is 0.240 e. The van der Waals surface area contributed by atoms with Crippen molar-refractivity contribution in [3.8, 4) is 17.5 Å². The van der Waals surface area contributed by atoms with Crippen molar-refractivity contribution < 1.29 is 13.9 Å². The van der Waals surface area contributed by atoms with Crippen molar-refractivity contribution in [2.45, 2.75) is 0 Å². The van der Waals surface area contributed by atoms with E-state index in [1.54, 1.807) is 12.1 Å². The third-order valence-corrected chi connectivity index (χ3v) is 2.79. The highest BCUT2D eigenvalue weighted by atomic mass is 79.9. The Morgan fingerprint density at radius 1 is 1.28 bits per heavy atom. The zero-order chi connectivity index (χ0) is 13.1. The van der Waals surface area contributed by atoms with Crippen LogP contribution in [0.15, 0.2) is 34.8 Å². The fourth-order valence-corrected chi connectivity index (χ4v) is 1.76. The van der Waals surface area contributed by atoms with Crippen LogP contribution in [0.2, 0.25) is 0 Å². The van der Waals surface area contributed by atoms with Gasteiger partial charge in [-0.1, -0.05) is 0 Å². The number of ether oxygens (including phenoxy) is 2. The molecule has 0 aliphatic heterocycles. The van der Waals surface area contributed by atoms with Gasteiger partial charge in [-0.25, -0.2) is 4.39 Å². The van der Waals surface area contributed by atoms with Crippen molar-refractivity contribution in [2.75, 3.05) is 12.8 Å². The summed E-state index contributed by atoms with van der Waals surface area (Å²) in [5, 5.41) is 0. The second kappa shape index (κ2) is 5.22. The van der Waals surface area contributed by atoms with E-state index in [9.17, 15) is 4.39 Å². The molecular formula is C12H10BrFN2O2. The number of hydrogen-bond acceptors (Lipinski definition) is 4. The lowest BCUT2D eigenvalue weighted by atomic mass is 10.3. The van der Waals surface area contributed by atoms with Gasteiger partial charge in [-0.3, -0.25) is 0 Å². The van der Waals surface area contributed by atoms with Crippen LogP contribution in [-0.2, 0) is 0 Å². The molecule has 1 aromatic carbocycles. The first-order valence-corrected chi connectivity index (χ1v) is 5.83. The quantitative estimate of drug-likeness (QED) is 0.944. The van der Waals surface area contributed by atoms with Crippen molar-refractivity contribution in [3.05, 3.63) is 40.6 Å². The Balaban J connectivity index is 2.28. The maximum absolute atomic E-state index is 12.9. The lowest BCUT2D eigenvalue weighted by Gasteiger charge is -2.09. The summed E-state index contributed by atoms with van der Waals surface area (Å²) in [5.41, 5.74) is 6.06. The molecule has 0 spiro atoms. The Morgan fingerprint density at radius 2 is 2.06 bits per heavy atom. The first-order chi connectivity index (χ1) is 8.60.